The van der Waals surface area contributed by atoms with Gasteiger partial charge in [-0.1, -0.05) is 0 Å². The minimum absolute atomic E-state index is 0.137. The van der Waals surface area contributed by atoms with E-state index in [2.05, 4.69) is 4.98 Å². The topological polar surface area (TPSA) is 93.8 Å². The summed E-state index contributed by atoms with van der Waals surface area (Å²) in [5, 5.41) is 18.7. The van der Waals surface area contributed by atoms with Crippen molar-refractivity contribution in [2.24, 2.45) is 0 Å². The number of hydrogen-bond acceptors (Lipinski definition) is 6. The molecule has 0 bridgehead atoms. The molecule has 0 saturated carbocycles. The lowest BCUT2D eigenvalue weighted by atomic mass is 10.1. The molecule has 2 aliphatic rings. The van der Waals surface area contributed by atoms with Gasteiger partial charge in [-0.05, 0) is 0 Å². The molecule has 1 aromatic rings. The Kier molecular flexibility index (Phi) is 2.00. The summed E-state index contributed by atoms with van der Waals surface area (Å²) in [5.74, 6) is 0. The highest BCUT2D eigenvalue weighted by atomic mass is 18.2. The summed E-state index contributed by atoms with van der Waals surface area (Å²) in [6.07, 6.45) is -1.24. The van der Waals surface area contributed by atoms with Gasteiger partial charge >= 0.3 is 6.01 Å². The van der Waals surface area contributed by atoms with Gasteiger partial charge in [0.15, 0.2) is 12.3 Å². The highest BCUT2D eigenvalue weighted by Gasteiger charge is 2.50. The van der Waals surface area contributed by atoms with E-state index in [1.807, 2.05) is 0 Å². The van der Waals surface area contributed by atoms with Crippen LogP contribution in [0.2, 0.25) is 0 Å². The van der Waals surface area contributed by atoms with Crippen LogP contribution in [0.25, 0.3) is 0 Å². The minimum Gasteiger partial charge on any atom is -0.453 e. The Labute approximate surface area is 89.9 Å². The highest BCUT2D eigenvalue weighted by Crippen LogP contribution is 2.38. The Bertz CT molecular complexity index is 473. The molecule has 86 valence electrons. The van der Waals surface area contributed by atoms with E-state index in [-0.39, 0.29) is 12.6 Å². The van der Waals surface area contributed by atoms with Gasteiger partial charge in [-0.15, -0.1) is 0 Å². The molecule has 4 atom stereocenters. The van der Waals surface area contributed by atoms with E-state index in [0.29, 0.717) is 0 Å². The molecular weight excluding hydrogens is 218 g/mol. The van der Waals surface area contributed by atoms with Crippen molar-refractivity contribution < 1.29 is 19.7 Å². The maximum atomic E-state index is 11.0. The van der Waals surface area contributed by atoms with E-state index in [9.17, 15) is 9.90 Å². The zero-order chi connectivity index (χ0) is 11.3. The third-order valence-corrected chi connectivity index (χ3v) is 2.81. The molecule has 0 aromatic carbocycles. The van der Waals surface area contributed by atoms with Crippen LogP contribution in [0.3, 0.4) is 0 Å². The maximum Gasteiger partial charge on any atom is 0.302 e. The second-order valence-electron chi connectivity index (χ2n) is 3.78. The number of nitrogens with zero attached hydrogens (tertiary/aromatic N) is 2. The van der Waals surface area contributed by atoms with Gasteiger partial charge in [0.2, 0.25) is 0 Å². The lowest BCUT2D eigenvalue weighted by Crippen LogP contribution is -2.34. The molecule has 2 aliphatic heterocycles. The standard InChI is InChI=1S/C9H10N2O5/c12-3-4-6(14)7-8(15-4)11-2-1-5(13)10-9(11)16-7/h1-2,4,6-8,12,14H,3H2/t4-,6-,7+,8-/m1/s1/i14+2. The molecule has 16 heavy (non-hydrogen) atoms. The summed E-state index contributed by atoms with van der Waals surface area (Å²) in [7, 11) is 0. The molecule has 3 heterocycles. The molecule has 7 nitrogen and oxygen atoms in total. The second-order valence-corrected chi connectivity index (χ2v) is 3.78. The van der Waals surface area contributed by atoms with Crippen LogP contribution in [0.5, 0.6) is 6.01 Å². The van der Waals surface area contributed by atoms with Gasteiger partial charge in [-0.25, -0.2) is 0 Å². The van der Waals surface area contributed by atoms with Crippen LogP contribution in [0.1, 0.15) is 6.23 Å². The Morgan fingerprint density at radius 3 is 3.19 bits per heavy atom. The fourth-order valence-electron chi connectivity index (χ4n) is 2.02. The zero-order valence-corrected chi connectivity index (χ0v) is 8.18. The first kappa shape index (κ1) is 9.76. The van der Waals surface area contributed by atoms with Crippen LogP contribution in [0.15, 0.2) is 17.1 Å². The highest BCUT2D eigenvalue weighted by molar-refractivity contribution is 5.10. The smallest absolute Gasteiger partial charge is 0.302 e. The Balaban J connectivity index is 1.99. The van der Waals surface area contributed by atoms with Crippen molar-refractivity contribution in [3.63, 3.8) is 0 Å². The number of aliphatic hydroxyl groups is 2. The van der Waals surface area contributed by atoms with E-state index >= 15 is 0 Å². The summed E-state index contributed by atoms with van der Waals surface area (Å²) < 4.78 is 12.3. The lowest BCUT2D eigenvalue weighted by Gasteiger charge is -2.13. The molecular formula is C9H10N2O5. The van der Waals surface area contributed by atoms with Crippen molar-refractivity contribution in [1.29, 1.82) is 0 Å². The van der Waals surface area contributed by atoms with E-state index in [4.69, 9.17) is 14.6 Å². The monoisotopic (exact) mass is 228 g/mol. The van der Waals surface area contributed by atoms with Crippen molar-refractivity contribution in [3.8, 4) is 6.01 Å². The molecule has 0 radical (unpaired) electrons. The molecule has 0 aliphatic carbocycles. The van der Waals surface area contributed by atoms with E-state index in [1.165, 1.54) is 16.8 Å². The number of rotatable bonds is 1. The average molecular weight is 228 g/mol. The Morgan fingerprint density at radius 1 is 1.62 bits per heavy atom. The first-order chi connectivity index (χ1) is 7.70. The summed E-state index contributed by atoms with van der Waals surface area (Å²) in [4.78, 5) is 14.7. The molecule has 1 saturated heterocycles. The van der Waals surface area contributed by atoms with Crippen molar-refractivity contribution in [1.82, 2.24) is 9.55 Å². The van der Waals surface area contributed by atoms with Gasteiger partial charge in [0.25, 0.3) is 5.56 Å². The fourth-order valence-corrected chi connectivity index (χ4v) is 2.02. The first-order valence-corrected chi connectivity index (χ1v) is 4.91. The van der Waals surface area contributed by atoms with Crippen LogP contribution in [0.4, 0.5) is 0 Å². The van der Waals surface area contributed by atoms with Gasteiger partial charge in [0.05, 0.1) is 6.61 Å². The van der Waals surface area contributed by atoms with Gasteiger partial charge < -0.3 is 19.7 Å². The van der Waals surface area contributed by atoms with E-state index in [0.717, 1.165) is 0 Å². The predicted molar refractivity (Wildman–Crippen MR) is 49.9 cm³/mol. The summed E-state index contributed by atoms with van der Waals surface area (Å²) in [6, 6.07) is 1.43. The lowest BCUT2D eigenvalue weighted by molar-refractivity contribution is -0.0434. The number of aliphatic hydroxyl groups excluding tert-OH is 2. The number of ether oxygens (including phenoxy) is 2. The van der Waals surface area contributed by atoms with Crippen molar-refractivity contribution in [2.75, 3.05) is 6.61 Å². The maximum absolute atomic E-state index is 11.0. The van der Waals surface area contributed by atoms with Crippen LogP contribution >= 0.6 is 0 Å². The SMILES string of the molecule is O=c1ccn2c(n1)O[C@H]1[C@H]([18OH])[C@@H](CO)O[C@H]12. The zero-order valence-electron chi connectivity index (χ0n) is 8.18. The predicted octanol–water partition coefficient (Wildman–Crippen LogP) is -1.75. The number of hydrogen-bond donors (Lipinski definition) is 2. The van der Waals surface area contributed by atoms with Crippen molar-refractivity contribution in [3.05, 3.63) is 22.6 Å². The van der Waals surface area contributed by atoms with Gasteiger partial charge in [0, 0.05) is 12.3 Å². The largest absolute Gasteiger partial charge is 0.453 e. The molecule has 0 unspecified atom stereocenters. The van der Waals surface area contributed by atoms with Gasteiger partial charge in [-0.3, -0.25) is 9.36 Å². The summed E-state index contributed by atoms with van der Waals surface area (Å²) in [6.45, 7) is -0.277. The van der Waals surface area contributed by atoms with E-state index in [1.54, 1.807) is 0 Å². The molecule has 3 rings (SSSR count). The normalized spacial score (nSPS) is 35.6. The first-order valence-electron chi connectivity index (χ1n) is 4.91. The van der Waals surface area contributed by atoms with Gasteiger partial charge in [0.1, 0.15) is 12.2 Å². The molecule has 0 amide bonds. The molecule has 0 spiro atoms. The van der Waals surface area contributed by atoms with E-state index < -0.39 is 30.1 Å². The van der Waals surface area contributed by atoms with Crippen molar-refractivity contribution >= 4 is 0 Å². The number of aromatic nitrogens is 2. The van der Waals surface area contributed by atoms with Crippen LogP contribution < -0.4 is 10.3 Å². The Morgan fingerprint density at radius 2 is 2.44 bits per heavy atom. The van der Waals surface area contributed by atoms with Crippen molar-refractivity contribution in [2.45, 2.75) is 24.5 Å². The quantitative estimate of drug-likeness (QED) is 0.554. The van der Waals surface area contributed by atoms with Crippen LogP contribution in [-0.4, -0.2) is 44.7 Å². The molecule has 1 fully saturated rings. The number of fused-ring (bicyclic) bond motifs is 3. The second kappa shape index (κ2) is 3.27. The molecule has 7 heteroatoms. The fraction of sp³-hybridized carbons (Fsp3) is 0.556. The van der Waals surface area contributed by atoms with Gasteiger partial charge in [-0.2, -0.15) is 4.98 Å². The third kappa shape index (κ3) is 1.19. The third-order valence-electron chi connectivity index (χ3n) is 2.81. The van der Waals surface area contributed by atoms with Crippen LogP contribution in [0, 0.1) is 0 Å². The summed E-state index contributed by atoms with van der Waals surface area (Å²) >= 11 is 0. The molecule has 2 N–H and O–H groups in total. The average Bonchev–Trinajstić information content (AvgIpc) is 2.75. The van der Waals surface area contributed by atoms with Crippen LogP contribution in [-0.2, 0) is 4.74 Å². The summed E-state index contributed by atoms with van der Waals surface area (Å²) in [5.41, 5.74) is -0.403. The minimum atomic E-state index is -0.924. The molecule has 1 aromatic heterocycles. The Hall–Kier alpha value is -1.44.